The van der Waals surface area contributed by atoms with Gasteiger partial charge in [0, 0.05) is 32.9 Å². The summed E-state index contributed by atoms with van der Waals surface area (Å²) in [4.78, 5) is 15.8. The van der Waals surface area contributed by atoms with E-state index >= 15 is 0 Å². The molecule has 286 valence electrons. The van der Waals surface area contributed by atoms with Crippen molar-refractivity contribution in [3.63, 3.8) is 0 Å². The lowest BCUT2D eigenvalue weighted by Crippen LogP contribution is -2.32. The molecule has 3 aliphatic carbocycles. The van der Waals surface area contributed by atoms with E-state index in [1.807, 2.05) is 36.4 Å². The molecule has 11 rings (SSSR count). The Bertz CT molecular complexity index is 3120. The Hall–Kier alpha value is -7.23. The van der Waals surface area contributed by atoms with Crippen LogP contribution in [0.3, 0.4) is 0 Å². The zero-order valence-corrected chi connectivity index (χ0v) is 33.6. The molecule has 3 heteroatoms. The fourth-order valence-electron chi connectivity index (χ4n) is 10.1. The summed E-state index contributed by atoms with van der Waals surface area (Å²) in [5, 5.41) is 4.32. The van der Waals surface area contributed by atoms with Crippen LogP contribution >= 0.6 is 0 Å². The van der Waals surface area contributed by atoms with Crippen molar-refractivity contribution in [2.24, 2.45) is 11.8 Å². The first-order valence-electron chi connectivity index (χ1n) is 21.1. The summed E-state index contributed by atoms with van der Waals surface area (Å²) in [5.74, 6) is 1.78. The minimum atomic E-state index is -0.434. The number of fused-ring (bicyclic) bond motifs is 5. The standard InChI is InChI=1S/C57H43N3/c1-3-19-52-43(4-2)46-34-47-44-29-15-17-30-49(44)57(42-27-12-7-13-28-42,50-31-16-14-24-39-33-45(39)50)51(47)35-48(46)55(58-52)41-26-18-25-40(32-41)54-36-53(37-20-8-5-9-21-37)59-56(60-54)38-22-10-6-11-23-38/h3-15,17-32,34-36,39,45H,1,16,33H2,2H3/b43-4-,52-19+. The summed E-state index contributed by atoms with van der Waals surface area (Å²) >= 11 is 0. The van der Waals surface area contributed by atoms with Gasteiger partial charge in [0.2, 0.25) is 0 Å². The first kappa shape index (κ1) is 35.9. The third-order valence-corrected chi connectivity index (χ3v) is 12.8. The maximum absolute atomic E-state index is 5.53. The van der Waals surface area contributed by atoms with Crippen molar-refractivity contribution in [3.8, 4) is 56.3 Å². The van der Waals surface area contributed by atoms with E-state index < -0.39 is 5.41 Å². The molecule has 2 heterocycles. The average molecular weight is 770 g/mol. The van der Waals surface area contributed by atoms with Gasteiger partial charge in [-0.1, -0.05) is 176 Å². The highest BCUT2D eigenvalue weighted by Gasteiger charge is 2.54. The van der Waals surface area contributed by atoms with Crippen LogP contribution in [-0.2, 0) is 5.41 Å². The fourth-order valence-corrected chi connectivity index (χ4v) is 10.1. The molecule has 0 N–H and O–H groups in total. The molecule has 1 fully saturated rings. The Kier molecular flexibility index (Phi) is 8.70. The lowest BCUT2D eigenvalue weighted by atomic mass is 9.65. The van der Waals surface area contributed by atoms with E-state index in [1.54, 1.807) is 0 Å². The highest BCUT2D eigenvalue weighted by Crippen LogP contribution is 2.63. The smallest absolute Gasteiger partial charge is 0.160 e. The van der Waals surface area contributed by atoms with Gasteiger partial charge in [0.05, 0.1) is 27.8 Å². The predicted molar refractivity (Wildman–Crippen MR) is 248 cm³/mol. The van der Waals surface area contributed by atoms with Crippen LogP contribution in [0.1, 0.15) is 36.5 Å². The van der Waals surface area contributed by atoms with Crippen LogP contribution < -0.4 is 10.6 Å². The van der Waals surface area contributed by atoms with Gasteiger partial charge in [-0.25, -0.2) is 15.0 Å². The number of hydrogen-bond donors (Lipinski definition) is 0. The Morgan fingerprint density at radius 3 is 2.07 bits per heavy atom. The molecule has 0 aliphatic heterocycles. The zero-order chi connectivity index (χ0) is 40.2. The molecule has 3 atom stereocenters. The summed E-state index contributed by atoms with van der Waals surface area (Å²) < 4.78 is 0. The van der Waals surface area contributed by atoms with E-state index in [-0.39, 0.29) is 0 Å². The first-order chi connectivity index (χ1) is 29.6. The maximum atomic E-state index is 5.53. The third-order valence-electron chi connectivity index (χ3n) is 12.8. The van der Waals surface area contributed by atoms with Crippen molar-refractivity contribution >= 4 is 22.9 Å². The number of pyridine rings is 1. The van der Waals surface area contributed by atoms with Crippen LogP contribution in [-0.4, -0.2) is 15.0 Å². The molecular formula is C57H43N3. The van der Waals surface area contributed by atoms with Crippen LogP contribution in [0, 0.1) is 11.8 Å². The van der Waals surface area contributed by atoms with E-state index in [2.05, 4.69) is 171 Å². The number of aromatic nitrogens is 3. The van der Waals surface area contributed by atoms with E-state index in [9.17, 15) is 0 Å². The molecule has 60 heavy (non-hydrogen) atoms. The van der Waals surface area contributed by atoms with E-state index in [0.29, 0.717) is 17.7 Å². The fraction of sp³-hybridized carbons (Fsp3) is 0.105. The second-order valence-electron chi connectivity index (χ2n) is 16.2. The molecule has 6 aromatic carbocycles. The molecule has 0 saturated heterocycles. The molecule has 0 spiro atoms. The third kappa shape index (κ3) is 5.76. The predicted octanol–water partition coefficient (Wildman–Crippen LogP) is 12.3. The quantitative estimate of drug-likeness (QED) is 0.152. The molecule has 2 aromatic heterocycles. The molecule has 0 radical (unpaired) electrons. The molecule has 3 nitrogen and oxygen atoms in total. The van der Waals surface area contributed by atoms with Crippen molar-refractivity contribution in [2.45, 2.75) is 25.2 Å². The van der Waals surface area contributed by atoms with Crippen LogP contribution in [0.15, 0.2) is 194 Å². The van der Waals surface area contributed by atoms with Gasteiger partial charge in [-0.2, -0.15) is 0 Å². The van der Waals surface area contributed by atoms with E-state index in [0.717, 1.165) is 61.7 Å². The van der Waals surface area contributed by atoms with Gasteiger partial charge in [-0.15, -0.1) is 0 Å². The second kappa shape index (κ2) is 14.5. The zero-order valence-electron chi connectivity index (χ0n) is 33.6. The molecule has 8 aromatic rings. The number of benzene rings is 6. The number of allylic oxidation sites excluding steroid dienone is 5. The maximum Gasteiger partial charge on any atom is 0.160 e. The van der Waals surface area contributed by atoms with E-state index in [4.69, 9.17) is 15.0 Å². The van der Waals surface area contributed by atoms with Crippen molar-refractivity contribution < 1.29 is 0 Å². The summed E-state index contributed by atoms with van der Waals surface area (Å²) in [6.45, 7) is 6.23. The lowest BCUT2D eigenvalue weighted by molar-refractivity contribution is 0.674. The van der Waals surface area contributed by atoms with Crippen LogP contribution in [0.2, 0.25) is 0 Å². The van der Waals surface area contributed by atoms with Gasteiger partial charge < -0.3 is 0 Å². The van der Waals surface area contributed by atoms with Crippen molar-refractivity contribution in [1.29, 1.82) is 0 Å². The van der Waals surface area contributed by atoms with Crippen LogP contribution in [0.25, 0.3) is 79.2 Å². The van der Waals surface area contributed by atoms with Gasteiger partial charge >= 0.3 is 0 Å². The van der Waals surface area contributed by atoms with Crippen molar-refractivity contribution in [2.75, 3.05) is 0 Å². The molecule has 1 saturated carbocycles. The topological polar surface area (TPSA) is 38.7 Å². The Balaban J connectivity index is 1.18. The van der Waals surface area contributed by atoms with Gasteiger partial charge in [0.1, 0.15) is 0 Å². The molecule has 3 unspecified atom stereocenters. The molecule has 0 amide bonds. The minimum absolute atomic E-state index is 0.434. The van der Waals surface area contributed by atoms with Crippen LogP contribution in [0.5, 0.6) is 0 Å². The normalized spacial score (nSPS) is 19.3. The summed E-state index contributed by atoms with van der Waals surface area (Å²) in [5.41, 5.74) is 14.4. The van der Waals surface area contributed by atoms with Gasteiger partial charge in [-0.05, 0) is 95.1 Å². The van der Waals surface area contributed by atoms with Crippen LogP contribution in [0.4, 0.5) is 0 Å². The summed E-state index contributed by atoms with van der Waals surface area (Å²) in [6.07, 6.45) is 15.6. The monoisotopic (exact) mass is 769 g/mol. The number of hydrogen-bond acceptors (Lipinski definition) is 3. The number of rotatable bonds is 7. The Labute approximate surface area is 351 Å². The summed E-state index contributed by atoms with van der Waals surface area (Å²) in [7, 11) is 0. The lowest BCUT2D eigenvalue weighted by Gasteiger charge is -2.36. The molecule has 3 aliphatic rings. The second-order valence-corrected chi connectivity index (χ2v) is 16.2. The average Bonchev–Trinajstić information content (AvgIpc) is 4.06. The first-order valence-corrected chi connectivity index (χ1v) is 21.1. The number of nitrogens with zero attached hydrogens (tertiary/aromatic N) is 3. The molecule has 0 bridgehead atoms. The van der Waals surface area contributed by atoms with Gasteiger partial charge in [-0.3, -0.25) is 0 Å². The minimum Gasteiger partial charge on any atom is -0.247 e. The van der Waals surface area contributed by atoms with Gasteiger partial charge in [0.15, 0.2) is 5.82 Å². The van der Waals surface area contributed by atoms with E-state index in [1.165, 1.54) is 45.2 Å². The summed E-state index contributed by atoms with van der Waals surface area (Å²) in [6, 6.07) is 56.8. The largest absolute Gasteiger partial charge is 0.247 e. The Morgan fingerprint density at radius 2 is 1.30 bits per heavy atom. The molecular weight excluding hydrogens is 727 g/mol. The highest BCUT2D eigenvalue weighted by molar-refractivity contribution is 6.02. The van der Waals surface area contributed by atoms with Gasteiger partial charge in [0.25, 0.3) is 0 Å². The van der Waals surface area contributed by atoms with Crippen molar-refractivity contribution in [1.82, 2.24) is 15.0 Å². The SMILES string of the molecule is C=C/C=c1/nc(-c2cccc(-c3cc(-c4ccccc4)nc(-c4ccccc4)n3)c2)c2cc3c(cc2/c1=C/C)-c1ccccc1C3(C1=CCC=CC2CC12)c1ccccc1. The highest BCUT2D eigenvalue weighted by atomic mass is 14.9. The van der Waals surface area contributed by atoms with Crippen molar-refractivity contribution in [3.05, 3.63) is 221 Å². The Morgan fingerprint density at radius 1 is 0.617 bits per heavy atom.